The van der Waals surface area contributed by atoms with Gasteiger partial charge in [0.2, 0.25) is 11.9 Å². The number of fused-ring (bicyclic) bond motifs is 1. The average molecular weight is 530 g/mol. The number of amides is 1. The van der Waals surface area contributed by atoms with Crippen molar-refractivity contribution >= 4 is 11.9 Å². The van der Waals surface area contributed by atoms with Crippen LogP contribution in [0.25, 0.3) is 0 Å². The third-order valence-electron chi connectivity index (χ3n) is 8.61. The van der Waals surface area contributed by atoms with Gasteiger partial charge in [-0.2, -0.15) is 0 Å². The molecule has 3 aliphatic rings. The minimum atomic E-state index is -0.381. The summed E-state index contributed by atoms with van der Waals surface area (Å²) in [5.41, 5.74) is 3.61. The van der Waals surface area contributed by atoms with Crippen LogP contribution in [0.5, 0.6) is 5.75 Å². The van der Waals surface area contributed by atoms with E-state index in [1.165, 1.54) is 25.3 Å². The van der Waals surface area contributed by atoms with Gasteiger partial charge >= 0.3 is 0 Å². The number of hydrogen-bond donors (Lipinski definition) is 0. The molecule has 1 saturated carbocycles. The van der Waals surface area contributed by atoms with Crippen LogP contribution in [0.15, 0.2) is 48.9 Å². The molecule has 6 rings (SSSR count). The van der Waals surface area contributed by atoms with Crippen LogP contribution in [0.3, 0.4) is 0 Å². The van der Waals surface area contributed by atoms with Crippen LogP contribution in [0.4, 0.5) is 10.3 Å². The summed E-state index contributed by atoms with van der Waals surface area (Å²) in [6, 6.07) is 8.79. The van der Waals surface area contributed by atoms with E-state index in [0.717, 1.165) is 60.5 Å². The van der Waals surface area contributed by atoms with Gasteiger partial charge in [0.25, 0.3) is 0 Å². The smallest absolute Gasteiger partial charge is 0.227 e. The van der Waals surface area contributed by atoms with Gasteiger partial charge in [-0.05, 0) is 79.2 Å². The normalized spacial score (nSPS) is 21.0. The molecule has 0 radical (unpaired) electrons. The summed E-state index contributed by atoms with van der Waals surface area (Å²) in [5.74, 6) is 3.17. The first-order chi connectivity index (χ1) is 19.0. The summed E-state index contributed by atoms with van der Waals surface area (Å²) in [4.78, 5) is 30.3. The second-order valence-electron chi connectivity index (χ2n) is 11.3. The molecule has 2 aliphatic heterocycles. The van der Waals surface area contributed by atoms with Crippen LogP contribution < -0.4 is 9.64 Å². The van der Waals surface area contributed by atoms with E-state index >= 15 is 0 Å². The Kier molecular flexibility index (Phi) is 7.44. The van der Waals surface area contributed by atoms with Gasteiger partial charge in [-0.1, -0.05) is 12.1 Å². The Morgan fingerprint density at radius 2 is 1.92 bits per heavy atom. The number of hydrogen-bond acceptors (Lipinski definition) is 6. The maximum Gasteiger partial charge on any atom is 0.227 e. The number of nitrogens with zero attached hydrogens (tertiary/aromatic N) is 5. The third-order valence-corrected chi connectivity index (χ3v) is 8.61. The Morgan fingerprint density at radius 1 is 1.10 bits per heavy atom. The molecule has 39 heavy (non-hydrogen) atoms. The van der Waals surface area contributed by atoms with E-state index in [2.05, 4.69) is 19.9 Å². The summed E-state index contributed by atoms with van der Waals surface area (Å²) in [6.07, 6.45) is 11.0. The molecule has 4 heterocycles. The second-order valence-corrected chi connectivity index (χ2v) is 11.3. The number of pyridine rings is 1. The number of carbonyl (C=O) groups is 1. The summed E-state index contributed by atoms with van der Waals surface area (Å²) >= 11 is 0. The van der Waals surface area contributed by atoms with Crippen molar-refractivity contribution in [2.45, 2.75) is 52.0 Å². The van der Waals surface area contributed by atoms with Crippen molar-refractivity contribution in [3.05, 3.63) is 77.1 Å². The first kappa shape index (κ1) is 25.7. The van der Waals surface area contributed by atoms with E-state index in [1.54, 1.807) is 23.2 Å². The van der Waals surface area contributed by atoms with Crippen LogP contribution in [-0.4, -0.2) is 52.0 Å². The van der Waals surface area contributed by atoms with E-state index < -0.39 is 0 Å². The number of rotatable bonds is 8. The van der Waals surface area contributed by atoms with Crippen molar-refractivity contribution in [3.8, 4) is 5.75 Å². The largest absolute Gasteiger partial charge is 0.493 e. The lowest BCUT2D eigenvalue weighted by molar-refractivity contribution is -0.131. The maximum absolute atomic E-state index is 14.8. The molecular formula is C31H36FN5O2. The molecule has 0 N–H and O–H groups in total. The molecular weight excluding hydrogens is 493 g/mol. The topological polar surface area (TPSA) is 71.5 Å². The molecule has 1 aromatic carbocycles. The van der Waals surface area contributed by atoms with Gasteiger partial charge in [-0.3, -0.25) is 9.78 Å². The quantitative estimate of drug-likeness (QED) is 0.419. The maximum atomic E-state index is 14.8. The number of ether oxygens (including phenoxy) is 1. The first-order valence-corrected chi connectivity index (χ1v) is 14.2. The monoisotopic (exact) mass is 529 g/mol. The van der Waals surface area contributed by atoms with E-state index in [4.69, 9.17) is 4.74 Å². The molecule has 2 fully saturated rings. The van der Waals surface area contributed by atoms with Crippen molar-refractivity contribution in [1.82, 2.24) is 19.9 Å². The Bertz CT molecular complexity index is 1310. The number of halogens is 1. The summed E-state index contributed by atoms with van der Waals surface area (Å²) < 4.78 is 20.7. The van der Waals surface area contributed by atoms with Gasteiger partial charge in [0.05, 0.1) is 13.0 Å². The Morgan fingerprint density at radius 3 is 2.72 bits per heavy atom. The zero-order valence-electron chi connectivity index (χ0n) is 22.6. The SMILES string of the molecule is Cc1cnc(N2CCC([C@H]3C[C@H]3CCOc3ccc(CC(=O)N4CCc5ncccc5C4)c(F)c3)CC2)nc1. The summed E-state index contributed by atoms with van der Waals surface area (Å²) in [7, 11) is 0. The molecule has 3 aromatic rings. The second kappa shape index (κ2) is 11.3. The Labute approximate surface area is 229 Å². The molecule has 204 valence electrons. The highest BCUT2D eigenvalue weighted by Gasteiger charge is 2.43. The van der Waals surface area contributed by atoms with Crippen molar-refractivity contribution < 1.29 is 13.9 Å². The third kappa shape index (κ3) is 6.05. The predicted molar refractivity (Wildman–Crippen MR) is 147 cm³/mol. The standard InChI is InChI=1S/C31H36FN5O2/c1-21-18-34-31(35-19-21)36-11-6-22(7-12-36)27-15-23(27)9-14-39-26-5-4-24(28(32)17-26)16-30(38)37-13-8-29-25(20-37)3-2-10-33-29/h2-5,10,17-19,22-23,27H,6-9,11-16,20H2,1H3/t23-,27-/m1/s1. The van der Waals surface area contributed by atoms with Crippen LogP contribution in [0.2, 0.25) is 0 Å². The zero-order chi connectivity index (χ0) is 26.8. The Balaban J connectivity index is 0.924. The van der Waals surface area contributed by atoms with Gasteiger partial charge in [0.15, 0.2) is 0 Å². The van der Waals surface area contributed by atoms with Crippen LogP contribution in [0.1, 0.15) is 48.1 Å². The molecule has 0 unspecified atom stereocenters. The number of anilines is 1. The van der Waals surface area contributed by atoms with Crippen molar-refractivity contribution in [2.24, 2.45) is 17.8 Å². The lowest BCUT2D eigenvalue weighted by atomic mass is 9.90. The van der Waals surface area contributed by atoms with Gasteiger partial charge < -0.3 is 14.5 Å². The highest BCUT2D eigenvalue weighted by atomic mass is 19.1. The predicted octanol–water partition coefficient (Wildman–Crippen LogP) is 4.77. The van der Waals surface area contributed by atoms with E-state index in [0.29, 0.717) is 36.9 Å². The number of aryl methyl sites for hydroxylation is 1. The fourth-order valence-electron chi connectivity index (χ4n) is 6.20. The minimum Gasteiger partial charge on any atom is -0.493 e. The molecule has 2 atom stereocenters. The molecule has 0 spiro atoms. The van der Waals surface area contributed by atoms with Gasteiger partial charge in [-0.15, -0.1) is 0 Å². The van der Waals surface area contributed by atoms with Crippen molar-refractivity contribution in [2.75, 3.05) is 31.1 Å². The first-order valence-electron chi connectivity index (χ1n) is 14.2. The average Bonchev–Trinajstić information content (AvgIpc) is 3.74. The van der Waals surface area contributed by atoms with Gasteiger partial charge in [0.1, 0.15) is 11.6 Å². The number of aromatic nitrogens is 3. The van der Waals surface area contributed by atoms with Crippen LogP contribution in [-0.2, 0) is 24.2 Å². The number of piperidine rings is 1. The summed E-state index contributed by atoms with van der Waals surface area (Å²) in [6.45, 7) is 5.79. The molecule has 1 saturated heterocycles. The fourth-order valence-corrected chi connectivity index (χ4v) is 6.20. The highest BCUT2D eigenvalue weighted by Crippen LogP contribution is 2.49. The molecule has 1 amide bonds. The Hall–Kier alpha value is -3.55. The van der Waals surface area contributed by atoms with Crippen LogP contribution in [0, 0.1) is 30.5 Å². The molecule has 7 nitrogen and oxygen atoms in total. The highest BCUT2D eigenvalue weighted by molar-refractivity contribution is 5.79. The molecule has 2 aromatic heterocycles. The fraction of sp³-hybridized carbons (Fsp3) is 0.484. The van der Waals surface area contributed by atoms with Gasteiger partial charge in [-0.25, -0.2) is 14.4 Å². The van der Waals surface area contributed by atoms with Crippen LogP contribution >= 0.6 is 0 Å². The number of benzene rings is 1. The molecule has 1 aliphatic carbocycles. The van der Waals surface area contributed by atoms with Crippen molar-refractivity contribution in [3.63, 3.8) is 0 Å². The lowest BCUT2D eigenvalue weighted by Crippen LogP contribution is -2.37. The zero-order valence-corrected chi connectivity index (χ0v) is 22.6. The van der Waals surface area contributed by atoms with E-state index in [9.17, 15) is 9.18 Å². The van der Waals surface area contributed by atoms with E-state index in [-0.39, 0.29) is 18.1 Å². The summed E-state index contributed by atoms with van der Waals surface area (Å²) in [5, 5.41) is 0. The van der Waals surface area contributed by atoms with Crippen molar-refractivity contribution in [1.29, 1.82) is 0 Å². The molecule has 8 heteroatoms. The number of carbonyl (C=O) groups excluding carboxylic acids is 1. The lowest BCUT2D eigenvalue weighted by Gasteiger charge is -2.32. The minimum absolute atomic E-state index is 0.0559. The van der Waals surface area contributed by atoms with Gasteiger partial charge in [0, 0.05) is 63.0 Å². The van der Waals surface area contributed by atoms with E-state index in [1.807, 2.05) is 31.5 Å². The molecule has 0 bridgehead atoms.